The lowest BCUT2D eigenvalue weighted by atomic mass is 10.2. The summed E-state index contributed by atoms with van der Waals surface area (Å²) < 4.78 is 0. The normalized spacial score (nSPS) is 10.7. The molecule has 0 bridgehead atoms. The Labute approximate surface area is 107 Å². The fourth-order valence-electron chi connectivity index (χ4n) is 1.60. The molecule has 0 fully saturated rings. The third kappa shape index (κ3) is 1.84. The maximum absolute atomic E-state index is 11.5. The van der Waals surface area contributed by atoms with Crippen molar-refractivity contribution < 1.29 is 0 Å². The largest absolute Gasteiger partial charge is 0.312 e. The maximum Gasteiger partial charge on any atom is 0.261 e. The number of fused-ring (bicyclic) bond motifs is 1. The Morgan fingerprint density at radius 1 is 1.11 bits per heavy atom. The SMILES string of the molecule is O=c1[nH]cnc2nc(-c3ccc(Cl)cc3)ncc12. The van der Waals surface area contributed by atoms with Crippen LogP contribution in [0.2, 0.25) is 5.02 Å². The summed E-state index contributed by atoms with van der Waals surface area (Å²) in [6, 6.07) is 7.15. The zero-order valence-corrected chi connectivity index (χ0v) is 9.85. The van der Waals surface area contributed by atoms with Crippen molar-refractivity contribution in [1.82, 2.24) is 19.9 Å². The third-order valence-corrected chi connectivity index (χ3v) is 2.75. The van der Waals surface area contributed by atoms with Crippen LogP contribution in [0.15, 0.2) is 41.6 Å². The topological polar surface area (TPSA) is 71.5 Å². The number of hydrogen-bond donors (Lipinski definition) is 1. The molecule has 0 radical (unpaired) electrons. The summed E-state index contributed by atoms with van der Waals surface area (Å²) in [5, 5.41) is 1.02. The number of aromatic nitrogens is 4. The Hall–Kier alpha value is -2.27. The first-order chi connectivity index (χ1) is 8.74. The van der Waals surface area contributed by atoms with Gasteiger partial charge in [0.1, 0.15) is 5.39 Å². The Bertz CT molecular complexity index is 767. The van der Waals surface area contributed by atoms with E-state index in [2.05, 4.69) is 19.9 Å². The van der Waals surface area contributed by atoms with Crippen LogP contribution in [0.3, 0.4) is 0 Å². The van der Waals surface area contributed by atoms with E-state index in [1.807, 2.05) is 12.1 Å². The molecular formula is C12H7ClN4O. The summed E-state index contributed by atoms with van der Waals surface area (Å²) in [6.45, 7) is 0. The number of benzene rings is 1. The highest BCUT2D eigenvalue weighted by Gasteiger charge is 2.05. The van der Waals surface area contributed by atoms with Gasteiger partial charge in [0.15, 0.2) is 11.5 Å². The van der Waals surface area contributed by atoms with Crippen LogP contribution >= 0.6 is 11.6 Å². The Kier molecular flexibility index (Phi) is 2.53. The van der Waals surface area contributed by atoms with Crippen LogP contribution in [0.25, 0.3) is 22.4 Å². The van der Waals surface area contributed by atoms with Crippen molar-refractivity contribution in [2.24, 2.45) is 0 Å². The number of nitrogens with one attached hydrogen (secondary N) is 1. The van der Waals surface area contributed by atoms with Crippen molar-refractivity contribution in [1.29, 1.82) is 0 Å². The van der Waals surface area contributed by atoms with Gasteiger partial charge in [-0.3, -0.25) is 4.79 Å². The quantitative estimate of drug-likeness (QED) is 0.725. The molecule has 0 spiro atoms. The second-order valence-corrected chi connectivity index (χ2v) is 4.11. The molecule has 3 aromatic rings. The smallest absolute Gasteiger partial charge is 0.261 e. The standard InChI is InChI=1S/C12H7ClN4O/c13-8-3-1-7(2-4-8)10-14-5-9-11(17-10)15-6-16-12(9)18/h1-6H,(H,14,15,16,17,18). The molecule has 0 saturated carbocycles. The monoisotopic (exact) mass is 258 g/mol. The van der Waals surface area contributed by atoms with Crippen molar-refractivity contribution >= 4 is 22.6 Å². The van der Waals surface area contributed by atoms with E-state index < -0.39 is 0 Å². The van der Waals surface area contributed by atoms with Gasteiger partial charge in [0.05, 0.1) is 6.33 Å². The summed E-state index contributed by atoms with van der Waals surface area (Å²) in [4.78, 5) is 26.4. The lowest BCUT2D eigenvalue weighted by molar-refractivity contribution is 1.11. The fraction of sp³-hybridized carbons (Fsp3) is 0. The minimum Gasteiger partial charge on any atom is -0.312 e. The zero-order valence-electron chi connectivity index (χ0n) is 9.09. The van der Waals surface area contributed by atoms with Crippen molar-refractivity contribution in [3.05, 3.63) is 52.2 Å². The van der Waals surface area contributed by atoms with Crippen molar-refractivity contribution in [3.63, 3.8) is 0 Å². The first kappa shape index (κ1) is 10.9. The van der Waals surface area contributed by atoms with Crippen LogP contribution in [0.5, 0.6) is 0 Å². The van der Waals surface area contributed by atoms with Crippen LogP contribution in [-0.2, 0) is 0 Å². The van der Waals surface area contributed by atoms with Gasteiger partial charge in [0.25, 0.3) is 5.56 Å². The second kappa shape index (κ2) is 4.19. The van der Waals surface area contributed by atoms with Gasteiger partial charge in [-0.1, -0.05) is 11.6 Å². The average Bonchev–Trinajstić information content (AvgIpc) is 2.39. The van der Waals surface area contributed by atoms with Gasteiger partial charge in [-0.2, -0.15) is 0 Å². The first-order valence-corrected chi connectivity index (χ1v) is 5.58. The molecule has 1 N–H and O–H groups in total. The number of H-pyrrole nitrogens is 1. The average molecular weight is 259 g/mol. The van der Waals surface area contributed by atoms with Gasteiger partial charge in [-0.25, -0.2) is 15.0 Å². The molecule has 0 aliphatic rings. The molecular weight excluding hydrogens is 252 g/mol. The van der Waals surface area contributed by atoms with Crippen LogP contribution in [-0.4, -0.2) is 19.9 Å². The highest BCUT2D eigenvalue weighted by molar-refractivity contribution is 6.30. The van der Waals surface area contributed by atoms with Crippen LogP contribution in [0.1, 0.15) is 0 Å². The second-order valence-electron chi connectivity index (χ2n) is 3.67. The first-order valence-electron chi connectivity index (χ1n) is 5.20. The molecule has 0 atom stereocenters. The Morgan fingerprint density at radius 3 is 2.67 bits per heavy atom. The maximum atomic E-state index is 11.5. The van der Waals surface area contributed by atoms with Crippen LogP contribution in [0.4, 0.5) is 0 Å². The highest BCUT2D eigenvalue weighted by Crippen LogP contribution is 2.18. The van der Waals surface area contributed by atoms with Gasteiger partial charge >= 0.3 is 0 Å². The van der Waals surface area contributed by atoms with Gasteiger partial charge < -0.3 is 4.98 Å². The molecule has 0 amide bonds. The van der Waals surface area contributed by atoms with E-state index in [9.17, 15) is 4.79 Å². The van der Waals surface area contributed by atoms with Gasteiger partial charge in [0.2, 0.25) is 0 Å². The molecule has 0 aliphatic heterocycles. The van der Waals surface area contributed by atoms with E-state index in [0.717, 1.165) is 5.56 Å². The predicted octanol–water partition coefficient (Wildman–Crippen LogP) is 2.03. The number of aromatic amines is 1. The third-order valence-electron chi connectivity index (χ3n) is 2.50. The Morgan fingerprint density at radius 2 is 1.89 bits per heavy atom. The molecule has 5 nitrogen and oxygen atoms in total. The van der Waals surface area contributed by atoms with Crippen molar-refractivity contribution in [2.45, 2.75) is 0 Å². The predicted molar refractivity (Wildman–Crippen MR) is 68.4 cm³/mol. The van der Waals surface area contributed by atoms with Crippen LogP contribution < -0.4 is 5.56 Å². The molecule has 0 unspecified atom stereocenters. The van der Waals surface area contributed by atoms with E-state index in [4.69, 9.17) is 11.6 Å². The molecule has 2 aromatic heterocycles. The molecule has 1 aromatic carbocycles. The minimum absolute atomic E-state index is 0.248. The lowest BCUT2D eigenvalue weighted by Gasteiger charge is -2.01. The summed E-state index contributed by atoms with van der Waals surface area (Å²) in [5.74, 6) is 0.511. The molecule has 2 heterocycles. The van der Waals surface area contributed by atoms with E-state index >= 15 is 0 Å². The fourth-order valence-corrected chi connectivity index (χ4v) is 1.73. The molecule has 3 rings (SSSR count). The van der Waals surface area contributed by atoms with Gasteiger partial charge in [0, 0.05) is 16.8 Å². The highest BCUT2D eigenvalue weighted by atomic mass is 35.5. The number of halogens is 1. The van der Waals surface area contributed by atoms with E-state index in [-0.39, 0.29) is 5.56 Å². The van der Waals surface area contributed by atoms with Crippen LogP contribution in [0, 0.1) is 0 Å². The summed E-state index contributed by atoms with van der Waals surface area (Å²) in [5.41, 5.74) is 0.949. The van der Waals surface area contributed by atoms with E-state index in [0.29, 0.717) is 21.9 Å². The molecule has 88 valence electrons. The summed E-state index contributed by atoms with van der Waals surface area (Å²) in [6.07, 6.45) is 2.79. The molecule has 18 heavy (non-hydrogen) atoms. The van der Waals surface area contributed by atoms with E-state index in [1.54, 1.807) is 12.1 Å². The van der Waals surface area contributed by atoms with Gasteiger partial charge in [-0.05, 0) is 24.3 Å². The molecule has 0 aliphatic carbocycles. The number of rotatable bonds is 1. The van der Waals surface area contributed by atoms with Gasteiger partial charge in [-0.15, -0.1) is 0 Å². The summed E-state index contributed by atoms with van der Waals surface area (Å²) >= 11 is 5.82. The Balaban J connectivity index is 2.19. The lowest BCUT2D eigenvalue weighted by Crippen LogP contribution is -2.08. The van der Waals surface area contributed by atoms with Crippen molar-refractivity contribution in [3.8, 4) is 11.4 Å². The molecule has 0 saturated heterocycles. The van der Waals surface area contributed by atoms with E-state index in [1.165, 1.54) is 12.5 Å². The summed E-state index contributed by atoms with van der Waals surface area (Å²) in [7, 11) is 0. The molecule has 6 heteroatoms. The number of nitrogens with zero attached hydrogens (tertiary/aromatic N) is 3. The van der Waals surface area contributed by atoms with Crippen molar-refractivity contribution in [2.75, 3.05) is 0 Å². The zero-order chi connectivity index (χ0) is 12.5. The minimum atomic E-state index is -0.248. The number of hydrogen-bond acceptors (Lipinski definition) is 4.